The number of ether oxygens (including phenoxy) is 1. The summed E-state index contributed by atoms with van der Waals surface area (Å²) in [4.78, 5) is 1.86. The van der Waals surface area contributed by atoms with E-state index in [4.69, 9.17) is 10.5 Å². The van der Waals surface area contributed by atoms with E-state index in [1.807, 2.05) is 36.2 Å². The molecule has 0 radical (unpaired) electrons. The molecule has 0 aliphatic rings. The van der Waals surface area contributed by atoms with E-state index in [0.717, 1.165) is 17.5 Å². The Bertz CT molecular complexity index is 602. The van der Waals surface area contributed by atoms with E-state index in [1.165, 1.54) is 12.1 Å². The van der Waals surface area contributed by atoms with Crippen LogP contribution in [0.4, 0.5) is 14.5 Å². The Morgan fingerprint density at radius 2 is 1.81 bits per heavy atom. The standard InChI is InChI=1S/C16H18F2N2O/c1-20(12-4-6-13(21-2)7-5-12)16(10-19)14-8-3-11(17)9-15(14)18/h3-9,16H,10,19H2,1-2H3. The summed E-state index contributed by atoms with van der Waals surface area (Å²) >= 11 is 0. The van der Waals surface area contributed by atoms with Crippen LogP contribution in [0.2, 0.25) is 0 Å². The normalized spacial score (nSPS) is 12.0. The van der Waals surface area contributed by atoms with Gasteiger partial charge in [0.1, 0.15) is 17.4 Å². The molecule has 2 rings (SSSR count). The fourth-order valence-corrected chi connectivity index (χ4v) is 2.26. The molecule has 21 heavy (non-hydrogen) atoms. The van der Waals surface area contributed by atoms with Crippen LogP contribution in [0, 0.1) is 11.6 Å². The number of anilines is 1. The molecule has 3 nitrogen and oxygen atoms in total. The van der Waals surface area contributed by atoms with Crippen molar-refractivity contribution >= 4 is 5.69 Å². The van der Waals surface area contributed by atoms with Crippen LogP contribution in [0.15, 0.2) is 42.5 Å². The number of hydrogen-bond acceptors (Lipinski definition) is 3. The molecule has 2 aromatic carbocycles. The van der Waals surface area contributed by atoms with Gasteiger partial charge in [0.25, 0.3) is 0 Å². The molecule has 0 saturated heterocycles. The van der Waals surface area contributed by atoms with Crippen molar-refractivity contribution in [3.8, 4) is 5.75 Å². The van der Waals surface area contributed by atoms with E-state index >= 15 is 0 Å². The summed E-state index contributed by atoms with van der Waals surface area (Å²) in [5.74, 6) is -0.450. The van der Waals surface area contributed by atoms with Gasteiger partial charge in [0.05, 0.1) is 13.2 Å². The first kappa shape index (κ1) is 15.3. The van der Waals surface area contributed by atoms with Crippen LogP contribution >= 0.6 is 0 Å². The molecule has 0 spiro atoms. The highest BCUT2D eigenvalue weighted by atomic mass is 19.1. The lowest BCUT2D eigenvalue weighted by molar-refractivity contribution is 0.415. The van der Waals surface area contributed by atoms with Crippen molar-refractivity contribution < 1.29 is 13.5 Å². The minimum atomic E-state index is -0.598. The van der Waals surface area contributed by atoms with E-state index in [1.54, 1.807) is 7.11 Å². The number of rotatable bonds is 5. The van der Waals surface area contributed by atoms with Crippen molar-refractivity contribution in [2.45, 2.75) is 6.04 Å². The molecule has 0 amide bonds. The second kappa shape index (κ2) is 6.54. The molecule has 2 aromatic rings. The molecule has 2 N–H and O–H groups in total. The zero-order chi connectivity index (χ0) is 15.4. The average molecular weight is 292 g/mol. The molecular weight excluding hydrogens is 274 g/mol. The highest BCUT2D eigenvalue weighted by Crippen LogP contribution is 2.28. The van der Waals surface area contributed by atoms with Crippen molar-refractivity contribution in [3.63, 3.8) is 0 Å². The summed E-state index contributed by atoms with van der Waals surface area (Å²) in [6.07, 6.45) is 0. The number of methoxy groups -OCH3 is 1. The van der Waals surface area contributed by atoms with E-state index in [0.29, 0.717) is 5.56 Å². The maximum Gasteiger partial charge on any atom is 0.131 e. The molecule has 0 saturated carbocycles. The lowest BCUT2D eigenvalue weighted by Crippen LogP contribution is -2.31. The quantitative estimate of drug-likeness (QED) is 0.920. The zero-order valence-corrected chi connectivity index (χ0v) is 12.0. The Labute approximate surface area is 122 Å². The third-order valence-corrected chi connectivity index (χ3v) is 3.49. The molecule has 1 atom stereocenters. The van der Waals surface area contributed by atoms with Gasteiger partial charge >= 0.3 is 0 Å². The molecule has 0 fully saturated rings. The minimum absolute atomic E-state index is 0.213. The van der Waals surface area contributed by atoms with Crippen molar-refractivity contribution in [1.82, 2.24) is 0 Å². The van der Waals surface area contributed by atoms with E-state index in [9.17, 15) is 8.78 Å². The van der Waals surface area contributed by atoms with Crippen LogP contribution in [-0.4, -0.2) is 20.7 Å². The molecule has 0 heterocycles. The molecule has 0 aromatic heterocycles. The van der Waals surface area contributed by atoms with Gasteiger partial charge in [0.15, 0.2) is 0 Å². The Morgan fingerprint density at radius 1 is 1.14 bits per heavy atom. The summed E-state index contributed by atoms with van der Waals surface area (Å²) in [6, 6.07) is 10.5. The first-order valence-electron chi connectivity index (χ1n) is 6.58. The second-order valence-corrected chi connectivity index (χ2v) is 4.73. The molecule has 0 bridgehead atoms. The molecule has 112 valence electrons. The van der Waals surface area contributed by atoms with Gasteiger partial charge in [-0.15, -0.1) is 0 Å². The summed E-state index contributed by atoms with van der Waals surface area (Å²) in [6.45, 7) is 0.213. The molecule has 5 heteroatoms. The summed E-state index contributed by atoms with van der Waals surface area (Å²) in [5.41, 5.74) is 7.02. The van der Waals surface area contributed by atoms with Crippen LogP contribution < -0.4 is 15.4 Å². The maximum absolute atomic E-state index is 13.9. The van der Waals surface area contributed by atoms with Gasteiger partial charge < -0.3 is 15.4 Å². The predicted octanol–water partition coefficient (Wildman–Crippen LogP) is 3.11. The molecule has 0 aliphatic carbocycles. The number of likely N-dealkylation sites (N-methyl/N-ethyl adjacent to an activating group) is 1. The lowest BCUT2D eigenvalue weighted by atomic mass is 10.0. The van der Waals surface area contributed by atoms with Crippen LogP contribution in [0.3, 0.4) is 0 Å². The van der Waals surface area contributed by atoms with Crippen molar-refractivity contribution in [1.29, 1.82) is 0 Å². The number of benzene rings is 2. The first-order chi connectivity index (χ1) is 10.1. The van der Waals surface area contributed by atoms with Crippen LogP contribution in [0.1, 0.15) is 11.6 Å². The third kappa shape index (κ3) is 3.31. The van der Waals surface area contributed by atoms with Crippen molar-refractivity contribution in [3.05, 3.63) is 59.7 Å². The van der Waals surface area contributed by atoms with Crippen LogP contribution in [0.5, 0.6) is 5.75 Å². The monoisotopic (exact) mass is 292 g/mol. The maximum atomic E-state index is 13.9. The van der Waals surface area contributed by atoms with E-state index in [2.05, 4.69) is 0 Å². The third-order valence-electron chi connectivity index (χ3n) is 3.49. The number of nitrogens with zero attached hydrogens (tertiary/aromatic N) is 1. The van der Waals surface area contributed by atoms with Gasteiger partial charge in [0.2, 0.25) is 0 Å². The van der Waals surface area contributed by atoms with Gasteiger partial charge in [0, 0.05) is 30.9 Å². The Hall–Kier alpha value is -2.14. The Morgan fingerprint density at radius 3 is 2.33 bits per heavy atom. The Balaban J connectivity index is 2.30. The number of halogens is 2. The topological polar surface area (TPSA) is 38.5 Å². The highest BCUT2D eigenvalue weighted by molar-refractivity contribution is 5.50. The number of nitrogens with two attached hydrogens (primary N) is 1. The summed E-state index contributed by atoms with van der Waals surface area (Å²) in [7, 11) is 3.41. The van der Waals surface area contributed by atoms with Gasteiger partial charge in [-0.3, -0.25) is 0 Å². The summed E-state index contributed by atoms with van der Waals surface area (Å²) < 4.78 is 32.1. The van der Waals surface area contributed by atoms with Crippen LogP contribution in [-0.2, 0) is 0 Å². The van der Waals surface area contributed by atoms with E-state index in [-0.39, 0.29) is 12.6 Å². The van der Waals surface area contributed by atoms with Gasteiger partial charge in [-0.1, -0.05) is 6.07 Å². The highest BCUT2D eigenvalue weighted by Gasteiger charge is 2.20. The Kier molecular flexibility index (Phi) is 4.75. The predicted molar refractivity (Wildman–Crippen MR) is 79.6 cm³/mol. The molecule has 0 aliphatic heterocycles. The fourth-order valence-electron chi connectivity index (χ4n) is 2.26. The average Bonchev–Trinajstić information content (AvgIpc) is 2.50. The first-order valence-corrected chi connectivity index (χ1v) is 6.58. The zero-order valence-electron chi connectivity index (χ0n) is 12.0. The minimum Gasteiger partial charge on any atom is -0.497 e. The molecular formula is C16H18F2N2O. The summed E-state index contributed by atoms with van der Waals surface area (Å²) in [5, 5.41) is 0. The molecule has 1 unspecified atom stereocenters. The number of hydrogen-bond donors (Lipinski definition) is 1. The lowest BCUT2D eigenvalue weighted by Gasteiger charge is -2.30. The fraction of sp³-hybridized carbons (Fsp3) is 0.250. The van der Waals surface area contributed by atoms with Gasteiger partial charge in [-0.05, 0) is 30.3 Å². The van der Waals surface area contributed by atoms with Crippen molar-refractivity contribution in [2.24, 2.45) is 5.73 Å². The van der Waals surface area contributed by atoms with Gasteiger partial charge in [-0.2, -0.15) is 0 Å². The van der Waals surface area contributed by atoms with E-state index < -0.39 is 11.6 Å². The van der Waals surface area contributed by atoms with Crippen molar-refractivity contribution in [2.75, 3.05) is 25.6 Å². The smallest absolute Gasteiger partial charge is 0.131 e. The second-order valence-electron chi connectivity index (χ2n) is 4.73. The SMILES string of the molecule is COc1ccc(N(C)C(CN)c2ccc(F)cc2F)cc1. The van der Waals surface area contributed by atoms with Crippen LogP contribution in [0.25, 0.3) is 0 Å². The largest absolute Gasteiger partial charge is 0.497 e. The van der Waals surface area contributed by atoms with Gasteiger partial charge in [-0.25, -0.2) is 8.78 Å².